The van der Waals surface area contributed by atoms with Gasteiger partial charge >= 0.3 is 6.09 Å². The fraction of sp³-hybridized carbons (Fsp3) is 0.344. The summed E-state index contributed by atoms with van der Waals surface area (Å²) >= 11 is 0. The number of nitrogens with two attached hydrogens (primary N) is 3. The first-order valence-corrected chi connectivity index (χ1v) is 14.4. The maximum Gasteiger partial charge on any atom is 0.407 e. The summed E-state index contributed by atoms with van der Waals surface area (Å²) in [7, 11) is 1.22. The summed E-state index contributed by atoms with van der Waals surface area (Å²) in [5, 5.41) is 5.46. The Hall–Kier alpha value is -4.81. The molecule has 3 amide bonds. The SMILES string of the molecule is COC(=O)NC(C(=O)N1CC2(C[C@H]1C(=O)Nc1ccc(-c3ccc(-c4ccc(N)c(N)c4)cc3)cc1N)OCCO2)C(C)C. The number of nitrogen functional groups attached to an aromatic ring is 3. The fourth-order valence-corrected chi connectivity index (χ4v) is 5.57. The standard InChI is InChI=1S/C32H38N6O6/c1-18(2)28(37-31(41)42-3)30(40)38-17-32(43-12-13-44-32)16-27(38)29(39)36-26-11-9-22(15-25(26)35)20-6-4-19(5-7-20)21-8-10-23(33)24(34)14-21/h4-11,14-15,18,27-28H,12-13,16-17,33-35H2,1-3H3,(H,36,39)(H,37,41)/t27-,28?/m0/s1. The van der Waals surface area contributed by atoms with Crippen LogP contribution in [0.25, 0.3) is 22.3 Å². The fourth-order valence-electron chi connectivity index (χ4n) is 5.57. The van der Waals surface area contributed by atoms with E-state index in [1.54, 1.807) is 32.0 Å². The summed E-state index contributed by atoms with van der Waals surface area (Å²) in [5.74, 6) is -2.24. The van der Waals surface area contributed by atoms with Crippen molar-refractivity contribution in [3.05, 3.63) is 60.7 Å². The van der Waals surface area contributed by atoms with E-state index in [9.17, 15) is 14.4 Å². The predicted octanol–water partition coefficient (Wildman–Crippen LogP) is 3.43. The maximum absolute atomic E-state index is 13.7. The van der Waals surface area contributed by atoms with E-state index in [-0.39, 0.29) is 18.9 Å². The number of amides is 3. The lowest BCUT2D eigenvalue weighted by Crippen LogP contribution is -2.54. The largest absolute Gasteiger partial charge is 0.453 e. The number of carbonyl (C=O) groups is 3. The minimum absolute atomic E-state index is 0.0450. The summed E-state index contributed by atoms with van der Waals surface area (Å²) < 4.78 is 16.4. The molecule has 2 aliphatic rings. The number of carbonyl (C=O) groups excluding carboxylic acids is 3. The topological polar surface area (TPSA) is 184 Å². The number of anilines is 4. The predicted molar refractivity (Wildman–Crippen MR) is 168 cm³/mol. The Bertz CT molecular complexity index is 1550. The molecular formula is C32H38N6O6. The van der Waals surface area contributed by atoms with Crippen molar-refractivity contribution in [3.8, 4) is 22.3 Å². The highest BCUT2D eigenvalue weighted by Crippen LogP contribution is 2.37. The number of benzene rings is 3. The number of ether oxygens (including phenoxy) is 3. The third-order valence-corrected chi connectivity index (χ3v) is 8.03. The number of likely N-dealkylation sites (tertiary alicyclic amines) is 1. The van der Waals surface area contributed by atoms with E-state index in [0.29, 0.717) is 36.0 Å². The van der Waals surface area contributed by atoms with Crippen molar-refractivity contribution in [2.24, 2.45) is 5.92 Å². The van der Waals surface area contributed by atoms with Crippen molar-refractivity contribution in [3.63, 3.8) is 0 Å². The molecule has 2 saturated heterocycles. The summed E-state index contributed by atoms with van der Waals surface area (Å²) in [5.41, 5.74) is 23.8. The number of alkyl carbamates (subject to hydrolysis) is 1. The normalized spacial score (nSPS) is 17.9. The lowest BCUT2D eigenvalue weighted by Gasteiger charge is -2.30. The quantitative estimate of drug-likeness (QED) is 0.253. The minimum atomic E-state index is -1.09. The summed E-state index contributed by atoms with van der Waals surface area (Å²) in [6.07, 6.45) is -0.602. The molecule has 2 heterocycles. The molecule has 8 N–H and O–H groups in total. The lowest BCUT2D eigenvalue weighted by molar-refractivity contribution is -0.153. The van der Waals surface area contributed by atoms with E-state index in [0.717, 1.165) is 22.3 Å². The van der Waals surface area contributed by atoms with Crippen molar-refractivity contribution >= 4 is 40.7 Å². The zero-order chi connectivity index (χ0) is 31.6. The van der Waals surface area contributed by atoms with Crippen molar-refractivity contribution in [1.82, 2.24) is 10.2 Å². The van der Waals surface area contributed by atoms with Gasteiger partial charge in [0.25, 0.3) is 0 Å². The summed E-state index contributed by atoms with van der Waals surface area (Å²) in [6.45, 7) is 4.35. The highest BCUT2D eigenvalue weighted by Gasteiger charge is 2.53. The average Bonchev–Trinajstić information content (AvgIpc) is 3.64. The number of hydrogen-bond donors (Lipinski definition) is 5. The van der Waals surface area contributed by atoms with Crippen molar-refractivity contribution < 1.29 is 28.6 Å². The van der Waals surface area contributed by atoms with Crippen LogP contribution in [0.5, 0.6) is 0 Å². The second-order valence-electron chi connectivity index (χ2n) is 11.4. The van der Waals surface area contributed by atoms with Crippen LogP contribution in [0.15, 0.2) is 60.7 Å². The van der Waals surface area contributed by atoms with E-state index >= 15 is 0 Å². The third-order valence-electron chi connectivity index (χ3n) is 8.03. The molecule has 44 heavy (non-hydrogen) atoms. The molecule has 0 radical (unpaired) electrons. The number of methoxy groups -OCH3 is 1. The molecule has 5 rings (SSSR count). The van der Waals surface area contributed by atoms with Crippen LogP contribution in [-0.2, 0) is 23.8 Å². The maximum atomic E-state index is 13.7. The highest BCUT2D eigenvalue weighted by atomic mass is 16.7. The monoisotopic (exact) mass is 602 g/mol. The molecule has 2 aliphatic heterocycles. The van der Waals surface area contributed by atoms with Crippen LogP contribution in [-0.4, -0.2) is 67.5 Å². The third kappa shape index (κ3) is 6.26. The number of nitrogens with one attached hydrogen (secondary N) is 2. The molecule has 2 atom stereocenters. The minimum Gasteiger partial charge on any atom is -0.453 e. The van der Waals surface area contributed by atoms with Gasteiger partial charge in [-0.3, -0.25) is 9.59 Å². The molecule has 1 unspecified atom stereocenters. The molecule has 12 heteroatoms. The van der Waals surface area contributed by atoms with Gasteiger partial charge in [-0.2, -0.15) is 0 Å². The van der Waals surface area contributed by atoms with Crippen LogP contribution in [0.4, 0.5) is 27.5 Å². The molecule has 232 valence electrons. The second kappa shape index (κ2) is 12.4. The second-order valence-corrected chi connectivity index (χ2v) is 11.4. The average molecular weight is 603 g/mol. The Morgan fingerprint density at radius 1 is 0.864 bits per heavy atom. The highest BCUT2D eigenvalue weighted by molar-refractivity contribution is 6.01. The molecule has 3 aromatic rings. The van der Waals surface area contributed by atoms with Gasteiger partial charge in [0.1, 0.15) is 12.1 Å². The first kappa shape index (κ1) is 30.6. The van der Waals surface area contributed by atoms with Crippen molar-refractivity contribution in [2.75, 3.05) is 49.4 Å². The molecule has 12 nitrogen and oxygen atoms in total. The van der Waals surface area contributed by atoms with Crippen LogP contribution in [0.2, 0.25) is 0 Å². The molecule has 3 aromatic carbocycles. The van der Waals surface area contributed by atoms with Gasteiger partial charge in [-0.05, 0) is 52.4 Å². The van der Waals surface area contributed by atoms with Gasteiger partial charge in [-0.1, -0.05) is 50.2 Å². The van der Waals surface area contributed by atoms with E-state index in [2.05, 4.69) is 10.6 Å². The zero-order valence-electron chi connectivity index (χ0n) is 25.0. The first-order chi connectivity index (χ1) is 21.0. The Morgan fingerprint density at radius 3 is 1.98 bits per heavy atom. The first-order valence-electron chi connectivity index (χ1n) is 14.4. The zero-order valence-corrected chi connectivity index (χ0v) is 25.0. The van der Waals surface area contributed by atoms with Gasteiger partial charge < -0.3 is 46.9 Å². The van der Waals surface area contributed by atoms with Crippen molar-refractivity contribution in [2.45, 2.75) is 38.1 Å². The van der Waals surface area contributed by atoms with Gasteiger partial charge in [-0.25, -0.2) is 4.79 Å². The number of rotatable bonds is 7. The van der Waals surface area contributed by atoms with Gasteiger partial charge in [-0.15, -0.1) is 0 Å². The van der Waals surface area contributed by atoms with Gasteiger partial charge in [0.05, 0.1) is 49.6 Å². The van der Waals surface area contributed by atoms with E-state index in [4.69, 9.17) is 31.4 Å². The smallest absolute Gasteiger partial charge is 0.407 e. The number of hydrogen-bond acceptors (Lipinski definition) is 9. The molecule has 0 aliphatic carbocycles. The van der Waals surface area contributed by atoms with Crippen LogP contribution in [0.1, 0.15) is 20.3 Å². The summed E-state index contributed by atoms with van der Waals surface area (Å²) in [6, 6.07) is 17.0. The molecule has 2 fully saturated rings. The van der Waals surface area contributed by atoms with Crippen LogP contribution >= 0.6 is 0 Å². The Morgan fingerprint density at radius 2 is 1.43 bits per heavy atom. The van der Waals surface area contributed by atoms with E-state index in [1.807, 2.05) is 42.5 Å². The number of nitrogens with zero attached hydrogens (tertiary/aromatic N) is 1. The van der Waals surface area contributed by atoms with Crippen molar-refractivity contribution in [1.29, 1.82) is 0 Å². The Labute approximate surface area is 255 Å². The van der Waals surface area contributed by atoms with Gasteiger partial charge in [0.2, 0.25) is 11.8 Å². The summed E-state index contributed by atoms with van der Waals surface area (Å²) in [4.78, 5) is 40.7. The van der Waals surface area contributed by atoms with Crippen LogP contribution in [0.3, 0.4) is 0 Å². The molecular weight excluding hydrogens is 564 g/mol. The molecule has 1 spiro atoms. The lowest BCUT2D eigenvalue weighted by atomic mass is 9.99. The van der Waals surface area contributed by atoms with Crippen LogP contribution < -0.4 is 27.8 Å². The molecule has 0 aromatic heterocycles. The van der Waals surface area contributed by atoms with E-state index in [1.165, 1.54) is 12.0 Å². The van der Waals surface area contributed by atoms with E-state index < -0.39 is 35.8 Å². The van der Waals surface area contributed by atoms with Gasteiger partial charge in [0.15, 0.2) is 5.79 Å². The molecule has 0 bridgehead atoms. The van der Waals surface area contributed by atoms with Crippen LogP contribution in [0, 0.1) is 5.92 Å². The van der Waals surface area contributed by atoms with Gasteiger partial charge in [0, 0.05) is 6.42 Å². The Kier molecular flexibility index (Phi) is 8.66. The Balaban J connectivity index is 1.33. The molecule has 0 saturated carbocycles.